The number of hydrogen-bond acceptors (Lipinski definition) is 3. The van der Waals surface area contributed by atoms with E-state index in [-0.39, 0.29) is 28.5 Å². The van der Waals surface area contributed by atoms with Gasteiger partial charge in [0.2, 0.25) is 0 Å². The number of hydrogen-bond donors (Lipinski definition) is 0. The Morgan fingerprint density at radius 2 is 2.00 bits per heavy atom. The van der Waals surface area contributed by atoms with Crippen molar-refractivity contribution < 1.29 is 18.7 Å². The molecule has 3 fully saturated rings. The van der Waals surface area contributed by atoms with Crippen molar-refractivity contribution in [1.82, 2.24) is 0 Å². The molecule has 3 saturated carbocycles. The van der Waals surface area contributed by atoms with Crippen molar-refractivity contribution >= 4 is 11.8 Å². The van der Waals surface area contributed by atoms with Crippen LogP contribution in [0.4, 0.5) is 4.39 Å². The number of fused-ring (bicyclic) bond motifs is 5. The first-order valence-corrected chi connectivity index (χ1v) is 10.4. The minimum atomic E-state index is -1.04. The number of carbonyl (C=O) groups is 2. The molecule has 0 spiro atoms. The standard InChI is InChI=1S/C22H31FO3/c1-4-19(25)26-20-18(23)12-17-15-6-5-13-11-14(24)7-9-21(13,2)16(15)8-10-22(17,20)3/h11,15-18,20H,4-10,12H2,1-3H3. The van der Waals surface area contributed by atoms with Crippen molar-refractivity contribution in [1.29, 1.82) is 0 Å². The monoisotopic (exact) mass is 362 g/mol. The van der Waals surface area contributed by atoms with E-state index in [1.165, 1.54) is 5.57 Å². The van der Waals surface area contributed by atoms with Crippen LogP contribution in [0.1, 0.15) is 72.1 Å². The van der Waals surface area contributed by atoms with Crippen LogP contribution in [-0.4, -0.2) is 24.0 Å². The maximum atomic E-state index is 14.9. The van der Waals surface area contributed by atoms with Gasteiger partial charge in [-0.25, -0.2) is 4.39 Å². The van der Waals surface area contributed by atoms with Crippen LogP contribution in [0.3, 0.4) is 0 Å². The number of carbonyl (C=O) groups excluding carboxylic acids is 2. The van der Waals surface area contributed by atoms with Gasteiger partial charge in [-0.05, 0) is 67.8 Å². The molecule has 0 heterocycles. The Kier molecular flexibility index (Phi) is 4.32. The Morgan fingerprint density at radius 3 is 2.73 bits per heavy atom. The summed E-state index contributed by atoms with van der Waals surface area (Å²) in [6, 6.07) is 0. The molecule has 0 bridgehead atoms. The van der Waals surface area contributed by atoms with E-state index in [1.54, 1.807) is 6.92 Å². The first kappa shape index (κ1) is 18.2. The second-order valence-electron chi connectivity index (χ2n) is 9.53. The summed E-state index contributed by atoms with van der Waals surface area (Å²) in [6.45, 7) is 6.25. The summed E-state index contributed by atoms with van der Waals surface area (Å²) in [6.07, 6.45) is 6.66. The SMILES string of the molecule is CCC(=O)OC1C(F)CC2C3CCC4=CC(=O)CCC4(C)C3CCC21C. The number of esters is 1. The molecule has 4 heteroatoms. The fourth-order valence-electron chi connectivity index (χ4n) is 6.92. The summed E-state index contributed by atoms with van der Waals surface area (Å²) in [5.41, 5.74) is 1.19. The lowest BCUT2D eigenvalue weighted by Gasteiger charge is -2.57. The lowest BCUT2D eigenvalue weighted by atomic mass is 9.47. The van der Waals surface area contributed by atoms with Crippen LogP contribution in [0, 0.1) is 28.6 Å². The van der Waals surface area contributed by atoms with Gasteiger partial charge in [0.05, 0.1) is 0 Å². The Bertz CT molecular complexity index is 656. The highest BCUT2D eigenvalue weighted by Crippen LogP contribution is 2.65. The van der Waals surface area contributed by atoms with Crippen molar-refractivity contribution in [2.45, 2.75) is 84.4 Å². The van der Waals surface area contributed by atoms with Gasteiger partial charge in [0.1, 0.15) is 12.3 Å². The molecule has 0 aliphatic heterocycles. The van der Waals surface area contributed by atoms with Crippen LogP contribution in [-0.2, 0) is 14.3 Å². The van der Waals surface area contributed by atoms with Gasteiger partial charge < -0.3 is 4.74 Å². The predicted molar refractivity (Wildman–Crippen MR) is 97.2 cm³/mol. The maximum Gasteiger partial charge on any atom is 0.305 e. The molecule has 7 atom stereocenters. The normalized spacial score (nSPS) is 47.5. The molecule has 4 aliphatic rings. The van der Waals surface area contributed by atoms with Crippen molar-refractivity contribution in [2.75, 3.05) is 0 Å². The van der Waals surface area contributed by atoms with Crippen LogP contribution in [0.25, 0.3) is 0 Å². The van der Waals surface area contributed by atoms with Crippen LogP contribution >= 0.6 is 0 Å². The summed E-state index contributed by atoms with van der Waals surface area (Å²) in [4.78, 5) is 23.8. The van der Waals surface area contributed by atoms with Gasteiger partial charge in [-0.15, -0.1) is 0 Å². The predicted octanol–water partition coefficient (Wildman–Crippen LogP) is 4.79. The Morgan fingerprint density at radius 1 is 1.23 bits per heavy atom. The number of halogens is 1. The highest BCUT2D eigenvalue weighted by molar-refractivity contribution is 5.91. The molecule has 144 valence electrons. The molecule has 0 aromatic rings. The molecule has 3 nitrogen and oxygen atoms in total. The van der Waals surface area contributed by atoms with Crippen molar-refractivity contribution in [3.63, 3.8) is 0 Å². The molecular formula is C22H31FO3. The molecule has 0 aromatic heterocycles. The van der Waals surface area contributed by atoms with E-state index in [1.807, 2.05) is 6.08 Å². The minimum absolute atomic E-state index is 0.0994. The third kappa shape index (κ3) is 2.51. The third-order valence-corrected chi connectivity index (χ3v) is 8.40. The lowest BCUT2D eigenvalue weighted by Crippen LogP contribution is -2.52. The summed E-state index contributed by atoms with van der Waals surface area (Å²) < 4.78 is 20.5. The molecule has 26 heavy (non-hydrogen) atoms. The quantitative estimate of drug-likeness (QED) is 0.664. The topological polar surface area (TPSA) is 43.4 Å². The summed E-state index contributed by atoms with van der Waals surface area (Å²) in [5.74, 6) is 1.28. The first-order chi connectivity index (χ1) is 12.3. The van der Waals surface area contributed by atoms with Gasteiger partial charge in [0.25, 0.3) is 0 Å². The molecule has 0 saturated heterocycles. The van der Waals surface area contributed by atoms with Gasteiger partial charge in [-0.1, -0.05) is 26.3 Å². The smallest absolute Gasteiger partial charge is 0.305 e. The molecule has 0 aromatic carbocycles. The second-order valence-corrected chi connectivity index (χ2v) is 9.53. The number of rotatable bonds is 2. The minimum Gasteiger partial charge on any atom is -0.459 e. The zero-order valence-electron chi connectivity index (χ0n) is 16.2. The van der Waals surface area contributed by atoms with E-state index in [0.29, 0.717) is 31.1 Å². The average Bonchev–Trinajstić information content (AvgIpc) is 2.86. The first-order valence-electron chi connectivity index (χ1n) is 10.4. The number of alkyl halides is 1. The van der Waals surface area contributed by atoms with E-state index >= 15 is 0 Å². The van der Waals surface area contributed by atoms with Gasteiger partial charge in [0.15, 0.2) is 5.78 Å². The Labute approximate surface area is 155 Å². The van der Waals surface area contributed by atoms with E-state index in [2.05, 4.69) is 13.8 Å². The average molecular weight is 362 g/mol. The number of ether oxygens (including phenoxy) is 1. The van der Waals surface area contributed by atoms with E-state index < -0.39 is 12.3 Å². The molecule has 4 rings (SSSR count). The molecule has 7 unspecified atom stereocenters. The van der Waals surface area contributed by atoms with Crippen LogP contribution in [0.15, 0.2) is 11.6 Å². The van der Waals surface area contributed by atoms with Crippen molar-refractivity contribution in [3.05, 3.63) is 11.6 Å². The highest BCUT2D eigenvalue weighted by atomic mass is 19.1. The van der Waals surface area contributed by atoms with Gasteiger partial charge in [0, 0.05) is 18.3 Å². The van der Waals surface area contributed by atoms with Crippen LogP contribution in [0.5, 0.6) is 0 Å². The largest absolute Gasteiger partial charge is 0.459 e. The third-order valence-electron chi connectivity index (χ3n) is 8.40. The van der Waals surface area contributed by atoms with Gasteiger partial charge >= 0.3 is 5.97 Å². The summed E-state index contributed by atoms with van der Waals surface area (Å²) >= 11 is 0. The zero-order chi connectivity index (χ0) is 18.7. The molecular weight excluding hydrogens is 331 g/mol. The molecule has 0 amide bonds. The van der Waals surface area contributed by atoms with Gasteiger partial charge in [-0.3, -0.25) is 9.59 Å². The second kappa shape index (κ2) is 6.17. The fraction of sp³-hybridized carbons (Fsp3) is 0.818. The van der Waals surface area contributed by atoms with Crippen molar-refractivity contribution in [2.24, 2.45) is 28.6 Å². The van der Waals surface area contributed by atoms with Gasteiger partial charge in [-0.2, -0.15) is 0 Å². The fourth-order valence-corrected chi connectivity index (χ4v) is 6.92. The lowest BCUT2D eigenvalue weighted by molar-refractivity contribution is -0.163. The molecule has 0 N–H and O–H groups in total. The number of allylic oxidation sites excluding steroid dienone is 1. The summed E-state index contributed by atoms with van der Waals surface area (Å²) in [7, 11) is 0. The van der Waals surface area contributed by atoms with Crippen LogP contribution < -0.4 is 0 Å². The molecule has 0 radical (unpaired) electrons. The van der Waals surface area contributed by atoms with Crippen LogP contribution in [0.2, 0.25) is 0 Å². The summed E-state index contributed by atoms with van der Waals surface area (Å²) in [5, 5.41) is 0. The van der Waals surface area contributed by atoms with E-state index in [4.69, 9.17) is 4.74 Å². The Hall–Kier alpha value is -1.19. The van der Waals surface area contributed by atoms with E-state index in [9.17, 15) is 14.0 Å². The number of ketones is 1. The van der Waals surface area contributed by atoms with Crippen molar-refractivity contribution in [3.8, 4) is 0 Å². The highest BCUT2D eigenvalue weighted by Gasteiger charge is 2.63. The Balaban J connectivity index is 1.62. The zero-order valence-corrected chi connectivity index (χ0v) is 16.2. The molecule has 4 aliphatic carbocycles. The maximum absolute atomic E-state index is 14.9. The van der Waals surface area contributed by atoms with E-state index in [0.717, 1.165) is 32.1 Å².